The zero-order chi connectivity index (χ0) is 26.0. The molecule has 1 aromatic rings. The molecule has 2 fully saturated rings. The van der Waals surface area contributed by atoms with Crippen LogP contribution in [-0.2, 0) is 30.2 Å². The van der Waals surface area contributed by atoms with E-state index in [0.29, 0.717) is 63.6 Å². The Balaban J connectivity index is 1.11. The Morgan fingerprint density at radius 2 is 1.57 bits per heavy atom. The number of amides is 4. The minimum absolute atomic E-state index is 0.0988. The molecule has 0 bridgehead atoms. The molecule has 0 aromatic heterocycles. The minimum Gasteiger partial charge on any atom is -0.379 e. The SMILES string of the molecule is O=C1CCC(N2C(=O)c3cccc(CCCOCCOCCOCCN4CCNCC4)c3C2=O)C(=O)N1. The zero-order valence-electron chi connectivity index (χ0n) is 21.2. The quantitative estimate of drug-likeness (QED) is 0.259. The normalized spacial score (nSPS) is 20.4. The number of hydrogen-bond acceptors (Lipinski definition) is 9. The zero-order valence-corrected chi connectivity index (χ0v) is 21.2. The van der Waals surface area contributed by atoms with E-state index >= 15 is 0 Å². The lowest BCUT2D eigenvalue weighted by Gasteiger charge is -2.27. The molecule has 4 rings (SSSR count). The van der Waals surface area contributed by atoms with Gasteiger partial charge in [-0.05, 0) is 30.9 Å². The molecule has 0 spiro atoms. The van der Waals surface area contributed by atoms with E-state index in [-0.39, 0.29) is 12.8 Å². The lowest BCUT2D eigenvalue weighted by atomic mass is 9.99. The van der Waals surface area contributed by atoms with Crippen molar-refractivity contribution in [2.75, 3.05) is 72.4 Å². The molecule has 11 heteroatoms. The Bertz CT molecular complexity index is 980. The van der Waals surface area contributed by atoms with E-state index in [1.54, 1.807) is 12.1 Å². The highest BCUT2D eigenvalue weighted by molar-refractivity contribution is 6.24. The molecule has 1 atom stereocenters. The van der Waals surface area contributed by atoms with Crippen LogP contribution in [0.15, 0.2) is 18.2 Å². The van der Waals surface area contributed by atoms with Gasteiger partial charge < -0.3 is 19.5 Å². The molecular formula is C26H36N4O7. The van der Waals surface area contributed by atoms with Gasteiger partial charge in [0.25, 0.3) is 11.8 Å². The number of imide groups is 2. The summed E-state index contributed by atoms with van der Waals surface area (Å²) in [6, 6.07) is 4.21. The lowest BCUT2D eigenvalue weighted by Crippen LogP contribution is -2.54. The molecule has 202 valence electrons. The summed E-state index contributed by atoms with van der Waals surface area (Å²) in [4.78, 5) is 53.1. The van der Waals surface area contributed by atoms with Crippen LogP contribution < -0.4 is 10.6 Å². The summed E-state index contributed by atoms with van der Waals surface area (Å²) in [5.74, 6) is -1.96. The molecule has 0 radical (unpaired) electrons. The van der Waals surface area contributed by atoms with Crippen molar-refractivity contribution in [1.82, 2.24) is 20.4 Å². The third-order valence-corrected chi connectivity index (χ3v) is 6.79. The number of ether oxygens (including phenoxy) is 3. The largest absolute Gasteiger partial charge is 0.379 e. The molecular weight excluding hydrogens is 480 g/mol. The van der Waals surface area contributed by atoms with Gasteiger partial charge in [-0.25, -0.2) is 0 Å². The fraction of sp³-hybridized carbons (Fsp3) is 0.615. The number of aryl methyl sites for hydroxylation is 1. The van der Waals surface area contributed by atoms with Gasteiger partial charge in [0.2, 0.25) is 11.8 Å². The van der Waals surface area contributed by atoms with Gasteiger partial charge in [-0.15, -0.1) is 0 Å². The molecule has 11 nitrogen and oxygen atoms in total. The number of nitrogens with zero attached hydrogens (tertiary/aromatic N) is 2. The summed E-state index contributed by atoms with van der Waals surface area (Å²) in [7, 11) is 0. The van der Waals surface area contributed by atoms with Gasteiger partial charge in [0.05, 0.1) is 44.2 Å². The Kier molecular flexibility index (Phi) is 10.1. The molecule has 3 aliphatic heterocycles. The second-order valence-electron chi connectivity index (χ2n) is 9.32. The van der Waals surface area contributed by atoms with Crippen molar-refractivity contribution in [3.8, 4) is 0 Å². The summed E-state index contributed by atoms with van der Waals surface area (Å²) >= 11 is 0. The molecule has 0 saturated carbocycles. The van der Waals surface area contributed by atoms with Crippen LogP contribution in [0.3, 0.4) is 0 Å². The molecule has 37 heavy (non-hydrogen) atoms. The highest BCUT2D eigenvalue weighted by Crippen LogP contribution is 2.30. The van der Waals surface area contributed by atoms with Crippen molar-refractivity contribution in [3.63, 3.8) is 0 Å². The van der Waals surface area contributed by atoms with Crippen LogP contribution in [-0.4, -0.2) is 112 Å². The van der Waals surface area contributed by atoms with Gasteiger partial charge in [-0.1, -0.05) is 12.1 Å². The van der Waals surface area contributed by atoms with E-state index < -0.39 is 29.7 Å². The van der Waals surface area contributed by atoms with Crippen LogP contribution in [0.2, 0.25) is 0 Å². The Morgan fingerprint density at radius 1 is 0.865 bits per heavy atom. The van der Waals surface area contributed by atoms with Gasteiger partial charge in [0, 0.05) is 45.8 Å². The first kappa shape index (κ1) is 27.3. The molecule has 3 aliphatic rings. The van der Waals surface area contributed by atoms with Crippen LogP contribution in [0.25, 0.3) is 0 Å². The maximum absolute atomic E-state index is 13.1. The van der Waals surface area contributed by atoms with Crippen LogP contribution in [0.1, 0.15) is 45.5 Å². The number of nitrogens with one attached hydrogen (secondary N) is 2. The molecule has 3 heterocycles. The second-order valence-corrected chi connectivity index (χ2v) is 9.32. The Labute approximate surface area is 216 Å². The monoisotopic (exact) mass is 516 g/mol. The van der Waals surface area contributed by atoms with E-state index in [9.17, 15) is 19.2 Å². The third kappa shape index (κ3) is 7.20. The second kappa shape index (κ2) is 13.7. The van der Waals surface area contributed by atoms with Crippen molar-refractivity contribution >= 4 is 23.6 Å². The summed E-state index contributed by atoms with van der Waals surface area (Å²) < 4.78 is 16.8. The van der Waals surface area contributed by atoms with Crippen LogP contribution in [0.4, 0.5) is 0 Å². The number of carbonyl (C=O) groups excluding carboxylic acids is 4. The maximum Gasteiger partial charge on any atom is 0.262 e. The summed E-state index contributed by atoms with van der Waals surface area (Å²) in [6.07, 6.45) is 1.48. The number of piperazine rings is 1. The first-order chi connectivity index (χ1) is 18.1. The summed E-state index contributed by atoms with van der Waals surface area (Å²) in [5.41, 5.74) is 1.40. The van der Waals surface area contributed by atoms with E-state index in [1.165, 1.54) is 0 Å². The summed E-state index contributed by atoms with van der Waals surface area (Å²) in [5, 5.41) is 5.55. The van der Waals surface area contributed by atoms with Gasteiger partial charge in [0.15, 0.2) is 0 Å². The fourth-order valence-corrected chi connectivity index (χ4v) is 4.83. The Morgan fingerprint density at radius 3 is 2.30 bits per heavy atom. The smallest absolute Gasteiger partial charge is 0.262 e. The average Bonchev–Trinajstić information content (AvgIpc) is 3.15. The molecule has 4 amide bonds. The average molecular weight is 517 g/mol. The predicted octanol–water partition coefficient (Wildman–Crippen LogP) is -0.0246. The number of piperidine rings is 1. The molecule has 2 N–H and O–H groups in total. The fourth-order valence-electron chi connectivity index (χ4n) is 4.83. The van der Waals surface area contributed by atoms with Gasteiger partial charge in [-0.2, -0.15) is 0 Å². The van der Waals surface area contributed by atoms with Crippen LogP contribution >= 0.6 is 0 Å². The number of rotatable bonds is 14. The Hall–Kier alpha value is -2.70. The van der Waals surface area contributed by atoms with Crippen molar-refractivity contribution in [3.05, 3.63) is 34.9 Å². The van der Waals surface area contributed by atoms with Crippen molar-refractivity contribution in [2.24, 2.45) is 0 Å². The van der Waals surface area contributed by atoms with E-state index in [0.717, 1.165) is 43.2 Å². The van der Waals surface area contributed by atoms with E-state index in [4.69, 9.17) is 14.2 Å². The van der Waals surface area contributed by atoms with Crippen LogP contribution in [0, 0.1) is 0 Å². The summed E-state index contributed by atoms with van der Waals surface area (Å²) in [6.45, 7) is 8.41. The first-order valence-electron chi connectivity index (χ1n) is 13.1. The standard InChI is InChI=1S/C26H36N4O7/c31-22-7-6-21(24(32)28-22)30-25(33)20-5-1-3-19(23(20)26(30)34)4-2-13-35-15-17-37-18-16-36-14-12-29-10-8-27-9-11-29/h1,3,5,21,27H,2,4,6-18H2,(H,28,31,32). The number of fused-ring (bicyclic) bond motifs is 1. The van der Waals surface area contributed by atoms with E-state index in [2.05, 4.69) is 15.5 Å². The number of hydrogen-bond donors (Lipinski definition) is 2. The van der Waals surface area contributed by atoms with Crippen LogP contribution in [0.5, 0.6) is 0 Å². The third-order valence-electron chi connectivity index (χ3n) is 6.79. The van der Waals surface area contributed by atoms with Gasteiger partial charge in [0.1, 0.15) is 6.04 Å². The molecule has 2 saturated heterocycles. The highest BCUT2D eigenvalue weighted by Gasteiger charge is 2.45. The maximum atomic E-state index is 13.1. The first-order valence-corrected chi connectivity index (χ1v) is 13.1. The lowest BCUT2D eigenvalue weighted by molar-refractivity contribution is -0.136. The molecule has 0 aliphatic carbocycles. The van der Waals surface area contributed by atoms with Gasteiger partial charge in [-0.3, -0.25) is 34.3 Å². The number of benzene rings is 1. The highest BCUT2D eigenvalue weighted by atomic mass is 16.5. The van der Waals surface area contributed by atoms with Gasteiger partial charge >= 0.3 is 0 Å². The van der Waals surface area contributed by atoms with E-state index in [1.807, 2.05) is 6.07 Å². The van der Waals surface area contributed by atoms with Crippen molar-refractivity contribution in [2.45, 2.75) is 31.7 Å². The minimum atomic E-state index is -0.959. The van der Waals surface area contributed by atoms with Crippen molar-refractivity contribution < 1.29 is 33.4 Å². The number of carbonyl (C=O) groups is 4. The topological polar surface area (TPSA) is 127 Å². The molecule has 1 aromatic carbocycles. The predicted molar refractivity (Wildman–Crippen MR) is 133 cm³/mol. The van der Waals surface area contributed by atoms with Crippen molar-refractivity contribution in [1.29, 1.82) is 0 Å². The molecule has 1 unspecified atom stereocenters.